The molecule has 3 aromatic heterocycles. The molecule has 0 spiro atoms. The number of fused-ring (bicyclic) bond motifs is 1. The minimum Gasteiger partial charge on any atom is -0.494 e. The first-order valence-electron chi connectivity index (χ1n) is 12.9. The zero-order valence-electron chi connectivity index (χ0n) is 22.7. The number of ether oxygens (including phenoxy) is 2. The fourth-order valence-electron chi connectivity index (χ4n) is 4.62. The molecule has 1 aromatic carbocycles. The molecular weight excluding hydrogens is 602 g/mol. The lowest BCUT2D eigenvalue weighted by atomic mass is 10.0. The Morgan fingerprint density at radius 2 is 2.02 bits per heavy atom. The van der Waals surface area contributed by atoms with Crippen molar-refractivity contribution in [1.82, 2.24) is 19.5 Å². The van der Waals surface area contributed by atoms with Gasteiger partial charge in [0.25, 0.3) is 5.56 Å². The molecule has 4 aromatic rings. The van der Waals surface area contributed by atoms with Gasteiger partial charge in [-0.3, -0.25) is 18.9 Å². The molecule has 0 radical (unpaired) electrons. The highest BCUT2D eigenvalue weighted by molar-refractivity contribution is 7.53. The maximum absolute atomic E-state index is 14.2. The molecule has 1 aliphatic rings. The summed E-state index contributed by atoms with van der Waals surface area (Å²) in [5, 5.41) is 0. The van der Waals surface area contributed by atoms with Gasteiger partial charge in [0.15, 0.2) is 34.3 Å². The molecule has 0 amide bonds. The number of imidazole rings is 1. The van der Waals surface area contributed by atoms with Crippen molar-refractivity contribution in [3.63, 3.8) is 0 Å². The molecule has 1 aliphatic carbocycles. The van der Waals surface area contributed by atoms with Crippen LogP contribution in [0.1, 0.15) is 42.3 Å². The molecule has 3 N–H and O–H groups in total. The van der Waals surface area contributed by atoms with Crippen LogP contribution in [-0.2, 0) is 38.1 Å². The normalized spacial score (nSPS) is 17.8. The van der Waals surface area contributed by atoms with Gasteiger partial charge in [0, 0.05) is 25.3 Å². The first kappa shape index (κ1) is 30.5. The average Bonchev–Trinajstić information content (AvgIpc) is 3.65. The largest absolute Gasteiger partial charge is 0.519 e. The first-order chi connectivity index (χ1) is 20.4. The predicted molar refractivity (Wildman–Crippen MR) is 142 cm³/mol. The molecule has 0 aliphatic heterocycles. The molecule has 2 atom stereocenters. The van der Waals surface area contributed by atoms with Gasteiger partial charge < -0.3 is 33.1 Å². The number of nitrogen functional groups attached to an aromatic ring is 1. The summed E-state index contributed by atoms with van der Waals surface area (Å²) in [6.07, 6.45) is -0.123. The van der Waals surface area contributed by atoms with E-state index in [1.165, 1.54) is 30.1 Å². The van der Waals surface area contributed by atoms with E-state index in [2.05, 4.69) is 15.0 Å². The third-order valence-electron chi connectivity index (χ3n) is 6.70. The number of nitrogens with zero attached hydrogens (tertiary/aromatic N) is 3. The number of H-pyrrole nitrogens is 1. The van der Waals surface area contributed by atoms with Crippen LogP contribution in [0.25, 0.3) is 11.2 Å². The number of aromatic amines is 1. The van der Waals surface area contributed by atoms with Crippen molar-refractivity contribution in [2.45, 2.75) is 50.9 Å². The van der Waals surface area contributed by atoms with Crippen molar-refractivity contribution >= 4 is 24.7 Å². The number of aromatic nitrogens is 4. The van der Waals surface area contributed by atoms with Gasteiger partial charge in [-0.05, 0) is 24.1 Å². The van der Waals surface area contributed by atoms with Crippen LogP contribution in [0.5, 0.6) is 5.75 Å². The highest BCUT2D eigenvalue weighted by Crippen LogP contribution is 2.51. The lowest BCUT2D eigenvalue weighted by Crippen LogP contribution is -2.13. The van der Waals surface area contributed by atoms with Crippen molar-refractivity contribution in [1.29, 1.82) is 0 Å². The smallest absolute Gasteiger partial charge is 0.494 e. The molecule has 18 heteroatoms. The van der Waals surface area contributed by atoms with Crippen LogP contribution in [0, 0.1) is 5.82 Å². The lowest BCUT2D eigenvalue weighted by molar-refractivity contribution is 0.00708. The fraction of sp³-hybridized carbons (Fsp3) is 0.440. The Balaban J connectivity index is 1.28. The van der Waals surface area contributed by atoms with E-state index < -0.39 is 56.0 Å². The van der Waals surface area contributed by atoms with E-state index in [-0.39, 0.29) is 67.0 Å². The molecule has 1 fully saturated rings. The van der Waals surface area contributed by atoms with Crippen molar-refractivity contribution in [3.05, 3.63) is 68.4 Å². The van der Waals surface area contributed by atoms with Crippen molar-refractivity contribution < 1.29 is 45.1 Å². The number of rotatable bonds is 13. The Morgan fingerprint density at radius 1 is 1.23 bits per heavy atom. The van der Waals surface area contributed by atoms with E-state index in [9.17, 15) is 27.3 Å². The molecule has 5 rings (SSSR count). The monoisotopic (exact) mass is 629 g/mol. The SMILES string of the molecule is COc1ccc(COP(=O)(COCCn2cnc3c(=O)[nH]c(N)nc32)OCc2oc(=O)oc2C2CCC(F)(F)C2)cc1F. The summed E-state index contributed by atoms with van der Waals surface area (Å²) in [6, 6.07) is 3.98. The lowest BCUT2D eigenvalue weighted by Gasteiger charge is -2.19. The van der Waals surface area contributed by atoms with Crippen molar-refractivity contribution in [2.75, 3.05) is 25.8 Å². The summed E-state index contributed by atoms with van der Waals surface area (Å²) in [6.45, 7) is -0.931. The number of nitrogens with one attached hydrogen (secondary N) is 1. The van der Waals surface area contributed by atoms with E-state index in [0.717, 1.165) is 6.07 Å². The van der Waals surface area contributed by atoms with E-state index in [0.29, 0.717) is 5.56 Å². The van der Waals surface area contributed by atoms with Gasteiger partial charge >= 0.3 is 13.4 Å². The summed E-state index contributed by atoms with van der Waals surface area (Å²) in [4.78, 5) is 34.2. The van der Waals surface area contributed by atoms with Crippen molar-refractivity contribution in [2.24, 2.45) is 0 Å². The van der Waals surface area contributed by atoms with Crippen molar-refractivity contribution in [3.8, 4) is 5.75 Å². The number of hydrogen-bond acceptors (Lipinski definition) is 12. The third-order valence-corrected chi connectivity index (χ3v) is 8.25. The minimum absolute atomic E-state index is 0.00298. The molecule has 0 bridgehead atoms. The summed E-state index contributed by atoms with van der Waals surface area (Å²) < 4.78 is 88.6. The van der Waals surface area contributed by atoms with Gasteiger partial charge in [0.05, 0.1) is 26.7 Å². The number of hydrogen-bond donors (Lipinski definition) is 2. The standard InChI is InChI=1S/C25H27F3N5O9P/c1-37-17-3-2-14(8-16(17)26)10-39-43(36,13-38-7-6-33-12-30-19-21(33)31-23(29)32-22(19)34)40-11-18-20(42-24(35)41-18)15-4-5-25(27,28)9-15/h2-3,8,12,15H,4-7,9-11,13H2,1H3,(H3,29,31,32,34). The second kappa shape index (κ2) is 12.4. The van der Waals surface area contributed by atoms with Crippen LogP contribution >= 0.6 is 7.60 Å². The highest BCUT2D eigenvalue weighted by Gasteiger charge is 2.43. The number of halogens is 3. The summed E-state index contributed by atoms with van der Waals surface area (Å²) >= 11 is 0. The third kappa shape index (κ3) is 7.18. The highest BCUT2D eigenvalue weighted by atomic mass is 31.2. The Bertz CT molecular complexity index is 1770. The van der Waals surface area contributed by atoms with E-state index in [1.54, 1.807) is 0 Å². The van der Waals surface area contributed by atoms with Crippen LogP contribution in [0.4, 0.5) is 19.1 Å². The maximum atomic E-state index is 14.2. The van der Waals surface area contributed by atoms with Crippen LogP contribution in [-0.4, -0.2) is 45.5 Å². The van der Waals surface area contributed by atoms with Crippen LogP contribution in [0.2, 0.25) is 0 Å². The quantitative estimate of drug-likeness (QED) is 0.161. The summed E-state index contributed by atoms with van der Waals surface area (Å²) in [5.74, 6) is -5.93. The van der Waals surface area contributed by atoms with Gasteiger partial charge in [-0.25, -0.2) is 22.9 Å². The summed E-state index contributed by atoms with van der Waals surface area (Å²) in [7, 11) is -2.86. The van der Waals surface area contributed by atoms with Gasteiger partial charge in [-0.2, -0.15) is 4.98 Å². The molecule has 2 unspecified atom stereocenters. The molecule has 3 heterocycles. The topological polar surface area (TPSA) is 187 Å². The summed E-state index contributed by atoms with van der Waals surface area (Å²) in [5.41, 5.74) is 5.66. The minimum atomic E-state index is -4.17. The number of benzene rings is 1. The van der Waals surface area contributed by atoms with E-state index in [1.807, 2.05) is 0 Å². The van der Waals surface area contributed by atoms with Crippen LogP contribution in [0.15, 0.2) is 42.9 Å². The number of nitrogens with two attached hydrogens (primary N) is 1. The van der Waals surface area contributed by atoms with Crippen LogP contribution in [0.3, 0.4) is 0 Å². The molecule has 0 saturated heterocycles. The number of anilines is 1. The van der Waals surface area contributed by atoms with Gasteiger partial charge in [-0.1, -0.05) is 6.07 Å². The molecular formula is C25H27F3N5O9P. The molecule has 14 nitrogen and oxygen atoms in total. The average molecular weight is 629 g/mol. The zero-order chi connectivity index (χ0) is 30.8. The van der Waals surface area contributed by atoms with E-state index in [4.69, 9.17) is 33.1 Å². The second-order valence-electron chi connectivity index (χ2n) is 9.76. The number of alkyl halides is 2. The van der Waals surface area contributed by atoms with Gasteiger partial charge in [-0.15, -0.1) is 0 Å². The van der Waals surface area contributed by atoms with E-state index >= 15 is 0 Å². The second-order valence-corrected chi connectivity index (χ2v) is 11.8. The maximum Gasteiger partial charge on any atom is 0.519 e. The Morgan fingerprint density at radius 3 is 2.74 bits per heavy atom. The molecule has 43 heavy (non-hydrogen) atoms. The van der Waals surface area contributed by atoms with Crippen LogP contribution < -0.4 is 21.9 Å². The predicted octanol–water partition coefficient (Wildman–Crippen LogP) is 3.90. The Labute approximate surface area is 240 Å². The first-order valence-corrected chi connectivity index (χ1v) is 14.7. The van der Waals surface area contributed by atoms with Gasteiger partial charge in [0.1, 0.15) is 13.0 Å². The number of methoxy groups -OCH3 is 1. The molecule has 1 saturated carbocycles. The molecule has 232 valence electrons. The Hall–Kier alpha value is -3.92. The Kier molecular flexibility index (Phi) is 8.78. The fourth-order valence-corrected chi connectivity index (χ4v) is 5.85. The van der Waals surface area contributed by atoms with Gasteiger partial charge in [0.2, 0.25) is 11.9 Å². The zero-order valence-corrected chi connectivity index (χ0v) is 23.6.